The highest BCUT2D eigenvalue weighted by Crippen LogP contribution is 2.60. The van der Waals surface area contributed by atoms with E-state index in [1.807, 2.05) is 0 Å². The Kier molecular flexibility index (Phi) is 9.96. The third-order valence-electron chi connectivity index (χ3n) is 3.82. The molecule has 0 fully saturated rings. The lowest BCUT2D eigenvalue weighted by atomic mass is 9.92. The van der Waals surface area contributed by atoms with Crippen LogP contribution in [-0.4, -0.2) is 77.6 Å². The van der Waals surface area contributed by atoms with Gasteiger partial charge in [-0.2, -0.15) is 57.1 Å². The molecule has 192 valence electrons. The Balaban J connectivity index is 5.41. The highest BCUT2D eigenvalue weighted by atomic mass is 35.5. The number of carbonyl (C=O) groups is 1. The van der Waals surface area contributed by atoms with E-state index < -0.39 is 66.3 Å². The van der Waals surface area contributed by atoms with Crippen LogP contribution in [-0.2, 0) is 9.53 Å². The SMILES string of the molecule is O=C(COCCCCCl)N(O)CCC(F)(F)C(F)(F)C(F)(F)C(F)(F)C(F)(F)C(F)(F)F. The number of rotatable bonds is 13. The summed E-state index contributed by atoms with van der Waals surface area (Å²) < 4.78 is 173. The largest absolute Gasteiger partial charge is 0.460 e. The first-order valence-corrected chi connectivity index (χ1v) is 8.74. The fourth-order valence-electron chi connectivity index (χ4n) is 1.86. The van der Waals surface area contributed by atoms with Crippen molar-refractivity contribution >= 4 is 17.5 Å². The van der Waals surface area contributed by atoms with E-state index in [2.05, 4.69) is 4.74 Å². The van der Waals surface area contributed by atoms with Gasteiger partial charge in [-0.05, 0) is 12.8 Å². The molecule has 0 aliphatic carbocycles. The summed E-state index contributed by atoms with van der Waals surface area (Å²) in [5, 5.41) is 8.40. The molecule has 0 radical (unpaired) electrons. The molecule has 0 unspecified atom stereocenters. The average molecular weight is 528 g/mol. The molecule has 0 aromatic rings. The molecule has 0 aromatic carbocycles. The zero-order chi connectivity index (χ0) is 25.8. The summed E-state index contributed by atoms with van der Waals surface area (Å²) in [7, 11) is 0. The van der Waals surface area contributed by atoms with E-state index in [9.17, 15) is 61.9 Å². The Labute approximate surface area is 176 Å². The van der Waals surface area contributed by atoms with Crippen molar-refractivity contribution < 1.29 is 71.8 Å². The number of unbranched alkanes of at least 4 members (excludes halogenated alkanes) is 1. The summed E-state index contributed by atoms with van der Waals surface area (Å²) >= 11 is 5.32. The molecular weight excluding hydrogens is 513 g/mol. The number of hydrogen-bond acceptors (Lipinski definition) is 3. The summed E-state index contributed by atoms with van der Waals surface area (Å²) in [4.78, 5) is 11.3. The molecule has 18 heteroatoms. The Morgan fingerprint density at radius 1 is 0.781 bits per heavy atom. The number of halogens is 14. The fraction of sp³-hybridized carbons (Fsp3) is 0.929. The van der Waals surface area contributed by atoms with Gasteiger partial charge in [-0.3, -0.25) is 10.0 Å². The van der Waals surface area contributed by atoms with Gasteiger partial charge in [0.05, 0.1) is 6.54 Å². The smallest absolute Gasteiger partial charge is 0.372 e. The second-order valence-electron chi connectivity index (χ2n) is 6.22. The first kappa shape index (κ1) is 30.8. The Morgan fingerprint density at radius 3 is 1.69 bits per heavy atom. The molecular formula is C14H15ClF13NO3. The van der Waals surface area contributed by atoms with E-state index in [0.717, 1.165) is 0 Å². The van der Waals surface area contributed by atoms with Gasteiger partial charge in [-0.25, -0.2) is 5.06 Å². The van der Waals surface area contributed by atoms with E-state index in [1.165, 1.54) is 0 Å². The second kappa shape index (κ2) is 10.4. The maximum absolute atomic E-state index is 13.5. The van der Waals surface area contributed by atoms with E-state index >= 15 is 0 Å². The first-order valence-electron chi connectivity index (χ1n) is 8.20. The molecule has 0 bridgehead atoms. The summed E-state index contributed by atoms with van der Waals surface area (Å²) in [6.07, 6.45) is -9.49. The van der Waals surface area contributed by atoms with Crippen LogP contribution in [0.2, 0.25) is 0 Å². The molecule has 0 saturated heterocycles. The minimum absolute atomic E-state index is 0.130. The molecule has 0 saturated carbocycles. The number of carbonyl (C=O) groups excluding carboxylic acids is 1. The second-order valence-corrected chi connectivity index (χ2v) is 6.59. The van der Waals surface area contributed by atoms with Crippen LogP contribution in [0.1, 0.15) is 19.3 Å². The minimum atomic E-state index is -8.00. The molecule has 1 amide bonds. The van der Waals surface area contributed by atoms with Gasteiger partial charge in [-0.15, -0.1) is 11.6 Å². The number of alkyl halides is 14. The van der Waals surface area contributed by atoms with Crippen molar-refractivity contribution in [3.8, 4) is 0 Å². The topological polar surface area (TPSA) is 49.8 Å². The van der Waals surface area contributed by atoms with E-state index in [1.54, 1.807) is 0 Å². The maximum atomic E-state index is 13.5. The van der Waals surface area contributed by atoms with Gasteiger partial charge in [0, 0.05) is 18.9 Å². The van der Waals surface area contributed by atoms with E-state index in [4.69, 9.17) is 16.8 Å². The van der Waals surface area contributed by atoms with Gasteiger partial charge < -0.3 is 4.74 Å². The molecule has 0 aliphatic heterocycles. The molecule has 0 heterocycles. The zero-order valence-corrected chi connectivity index (χ0v) is 16.2. The molecule has 0 rings (SSSR count). The normalized spacial score (nSPS) is 14.6. The highest BCUT2D eigenvalue weighted by Gasteiger charge is 2.90. The number of ether oxygens (including phenoxy) is 1. The number of hydrogen-bond donors (Lipinski definition) is 1. The summed E-state index contributed by atoms with van der Waals surface area (Å²) in [6.45, 7) is -3.08. The highest BCUT2D eigenvalue weighted by molar-refractivity contribution is 6.17. The van der Waals surface area contributed by atoms with Crippen molar-refractivity contribution in [2.45, 2.75) is 55.1 Å². The summed E-state index contributed by atoms with van der Waals surface area (Å²) in [5.74, 6) is -39.0. The summed E-state index contributed by atoms with van der Waals surface area (Å²) in [5.41, 5.74) is 0. The van der Waals surface area contributed by atoms with Crippen molar-refractivity contribution in [1.82, 2.24) is 5.06 Å². The van der Waals surface area contributed by atoms with Gasteiger partial charge in [-0.1, -0.05) is 0 Å². The summed E-state index contributed by atoms with van der Waals surface area (Å²) in [6, 6.07) is 0. The number of nitrogens with zero attached hydrogens (tertiary/aromatic N) is 1. The molecule has 4 nitrogen and oxygen atoms in total. The molecule has 0 atom stereocenters. The van der Waals surface area contributed by atoms with Crippen LogP contribution in [0, 0.1) is 0 Å². The van der Waals surface area contributed by atoms with Crippen molar-refractivity contribution in [3.05, 3.63) is 0 Å². The lowest BCUT2D eigenvalue weighted by Crippen LogP contribution is -2.70. The Hall–Kier alpha value is -1.23. The van der Waals surface area contributed by atoms with Crippen molar-refractivity contribution in [2.24, 2.45) is 0 Å². The fourth-order valence-corrected chi connectivity index (χ4v) is 2.05. The van der Waals surface area contributed by atoms with Gasteiger partial charge in [0.2, 0.25) is 0 Å². The molecule has 0 aromatic heterocycles. The monoisotopic (exact) mass is 527 g/mol. The minimum Gasteiger partial charge on any atom is -0.372 e. The van der Waals surface area contributed by atoms with Crippen molar-refractivity contribution in [2.75, 3.05) is 25.6 Å². The van der Waals surface area contributed by atoms with Crippen LogP contribution in [0.15, 0.2) is 0 Å². The molecule has 32 heavy (non-hydrogen) atoms. The van der Waals surface area contributed by atoms with Crippen molar-refractivity contribution in [1.29, 1.82) is 0 Å². The van der Waals surface area contributed by atoms with Gasteiger partial charge in [0.25, 0.3) is 5.91 Å². The zero-order valence-electron chi connectivity index (χ0n) is 15.5. The van der Waals surface area contributed by atoms with Crippen LogP contribution < -0.4 is 0 Å². The predicted octanol–water partition coefficient (Wildman–Crippen LogP) is 5.37. The van der Waals surface area contributed by atoms with Gasteiger partial charge >= 0.3 is 35.8 Å². The molecule has 0 spiro atoms. The van der Waals surface area contributed by atoms with Crippen LogP contribution in [0.5, 0.6) is 0 Å². The van der Waals surface area contributed by atoms with Crippen LogP contribution in [0.3, 0.4) is 0 Å². The first-order chi connectivity index (χ1) is 14.1. The maximum Gasteiger partial charge on any atom is 0.460 e. The van der Waals surface area contributed by atoms with Crippen LogP contribution in [0.25, 0.3) is 0 Å². The predicted molar refractivity (Wildman–Crippen MR) is 79.7 cm³/mol. The quantitative estimate of drug-likeness (QED) is 0.115. The Morgan fingerprint density at radius 2 is 1.25 bits per heavy atom. The van der Waals surface area contributed by atoms with E-state index in [-0.39, 0.29) is 12.5 Å². The third-order valence-corrected chi connectivity index (χ3v) is 4.09. The van der Waals surface area contributed by atoms with Crippen molar-refractivity contribution in [3.63, 3.8) is 0 Å². The van der Waals surface area contributed by atoms with Gasteiger partial charge in [0.15, 0.2) is 0 Å². The van der Waals surface area contributed by atoms with Crippen LogP contribution >= 0.6 is 11.6 Å². The lowest BCUT2D eigenvalue weighted by molar-refractivity contribution is -0.440. The lowest BCUT2D eigenvalue weighted by Gasteiger charge is -2.39. The van der Waals surface area contributed by atoms with Crippen LogP contribution in [0.4, 0.5) is 57.1 Å². The third kappa shape index (κ3) is 6.01. The molecule has 1 N–H and O–H groups in total. The van der Waals surface area contributed by atoms with Gasteiger partial charge in [0.1, 0.15) is 6.61 Å². The number of hydroxylamine groups is 2. The van der Waals surface area contributed by atoms with E-state index in [0.29, 0.717) is 12.8 Å². The number of amides is 1. The average Bonchev–Trinajstić information content (AvgIpc) is 2.64. The Bertz CT molecular complexity index is 627. The standard InChI is InChI=1S/C14H15ClF13NO3/c15-4-1-2-6-32-7-8(30)29(31)5-3-9(16,17)10(18,19)11(20,21)12(22,23)13(24,25)14(26,27)28/h31H,1-7H2. The molecule has 0 aliphatic rings.